The van der Waals surface area contributed by atoms with E-state index in [1.807, 2.05) is 17.8 Å². The van der Waals surface area contributed by atoms with Gasteiger partial charge in [-0.1, -0.05) is 28.8 Å². The maximum Gasteiger partial charge on any atom is 0.124 e. The third-order valence-electron chi connectivity index (χ3n) is 3.68. The van der Waals surface area contributed by atoms with Gasteiger partial charge in [0.1, 0.15) is 5.75 Å². The molecule has 0 spiro atoms. The molecule has 1 N–H and O–H groups in total. The maximum atomic E-state index is 5.72. The van der Waals surface area contributed by atoms with Crippen molar-refractivity contribution in [2.75, 3.05) is 25.2 Å². The molecular weight excluding hydrogens is 334 g/mol. The standard InChI is InChI=1S/C16H24BrNOS/c1-20-11-5-3-2-4-9-18-15-8-10-19-16-7-6-13(17)12-14(15)16/h6-7,12,15,18H,2-5,8-11H2,1H3. The summed E-state index contributed by atoms with van der Waals surface area (Å²) in [6, 6.07) is 6.75. The van der Waals surface area contributed by atoms with Crippen molar-refractivity contribution in [3.63, 3.8) is 0 Å². The van der Waals surface area contributed by atoms with Gasteiger partial charge >= 0.3 is 0 Å². The van der Waals surface area contributed by atoms with Crippen molar-refractivity contribution >= 4 is 27.7 Å². The molecule has 1 heterocycles. The zero-order valence-corrected chi connectivity index (χ0v) is 14.6. The second-order valence-corrected chi connectivity index (χ2v) is 7.13. The number of benzene rings is 1. The Morgan fingerprint density at radius 3 is 3.00 bits per heavy atom. The first-order valence-corrected chi connectivity index (χ1v) is 9.64. The third-order valence-corrected chi connectivity index (χ3v) is 4.87. The van der Waals surface area contributed by atoms with Gasteiger partial charge in [0.25, 0.3) is 0 Å². The lowest BCUT2D eigenvalue weighted by Gasteiger charge is -2.27. The fourth-order valence-electron chi connectivity index (χ4n) is 2.58. The highest BCUT2D eigenvalue weighted by molar-refractivity contribution is 9.10. The van der Waals surface area contributed by atoms with Gasteiger partial charge in [-0.25, -0.2) is 0 Å². The number of nitrogens with one attached hydrogen (secondary N) is 1. The Morgan fingerprint density at radius 2 is 2.15 bits per heavy atom. The first-order chi connectivity index (χ1) is 9.81. The highest BCUT2D eigenvalue weighted by atomic mass is 79.9. The summed E-state index contributed by atoms with van der Waals surface area (Å²) in [5.41, 5.74) is 1.30. The summed E-state index contributed by atoms with van der Waals surface area (Å²) in [5, 5.41) is 3.69. The minimum Gasteiger partial charge on any atom is -0.493 e. The van der Waals surface area contributed by atoms with Gasteiger partial charge in [-0.15, -0.1) is 0 Å². The van der Waals surface area contributed by atoms with Gasteiger partial charge in [-0.05, 0) is 49.6 Å². The van der Waals surface area contributed by atoms with Crippen LogP contribution in [0.15, 0.2) is 22.7 Å². The minimum atomic E-state index is 0.447. The first kappa shape index (κ1) is 16.2. The molecule has 1 atom stereocenters. The highest BCUT2D eigenvalue weighted by Crippen LogP contribution is 2.34. The van der Waals surface area contributed by atoms with Gasteiger partial charge < -0.3 is 10.1 Å². The molecule has 1 aromatic rings. The molecule has 0 amide bonds. The highest BCUT2D eigenvalue weighted by Gasteiger charge is 2.20. The SMILES string of the molecule is CSCCCCCCNC1CCOc2ccc(Br)cc21. The molecule has 0 saturated heterocycles. The Balaban J connectivity index is 1.73. The molecule has 1 aromatic carbocycles. The lowest BCUT2D eigenvalue weighted by molar-refractivity contribution is 0.252. The first-order valence-electron chi connectivity index (χ1n) is 7.46. The summed E-state index contributed by atoms with van der Waals surface area (Å²) in [4.78, 5) is 0. The zero-order valence-electron chi connectivity index (χ0n) is 12.2. The van der Waals surface area contributed by atoms with Gasteiger partial charge in [-0.2, -0.15) is 11.8 Å². The van der Waals surface area contributed by atoms with Crippen LogP contribution in [0.3, 0.4) is 0 Å². The molecule has 20 heavy (non-hydrogen) atoms. The van der Waals surface area contributed by atoms with Gasteiger partial charge in [0.05, 0.1) is 6.61 Å². The van der Waals surface area contributed by atoms with Crippen LogP contribution in [0, 0.1) is 0 Å². The normalized spacial score (nSPS) is 17.6. The monoisotopic (exact) mass is 357 g/mol. The molecule has 0 bridgehead atoms. The van der Waals surface area contributed by atoms with Crippen molar-refractivity contribution < 1.29 is 4.74 Å². The average Bonchev–Trinajstić information content (AvgIpc) is 2.46. The Bertz CT molecular complexity index is 413. The van der Waals surface area contributed by atoms with E-state index in [0.717, 1.165) is 29.8 Å². The van der Waals surface area contributed by atoms with Crippen LogP contribution >= 0.6 is 27.7 Å². The zero-order chi connectivity index (χ0) is 14.2. The molecule has 112 valence electrons. The molecule has 0 aliphatic carbocycles. The molecular formula is C16H24BrNOS. The van der Waals surface area contributed by atoms with Crippen LogP contribution in [0.5, 0.6) is 5.75 Å². The molecule has 0 saturated carbocycles. The number of fused-ring (bicyclic) bond motifs is 1. The summed E-state index contributed by atoms with van der Waals surface area (Å²) in [5.74, 6) is 2.34. The van der Waals surface area contributed by atoms with Crippen LogP contribution in [0.1, 0.15) is 43.7 Å². The summed E-state index contributed by atoms with van der Waals surface area (Å²) in [7, 11) is 0. The number of thioether (sulfide) groups is 1. The number of unbranched alkanes of at least 4 members (excludes halogenated alkanes) is 3. The number of hydrogen-bond acceptors (Lipinski definition) is 3. The molecule has 2 rings (SSSR count). The summed E-state index contributed by atoms with van der Waals surface area (Å²) in [6.45, 7) is 1.93. The van der Waals surface area contributed by atoms with Gasteiger partial charge in [0.2, 0.25) is 0 Å². The van der Waals surface area contributed by atoms with E-state index in [4.69, 9.17) is 4.74 Å². The van der Waals surface area contributed by atoms with Crippen LogP contribution in [-0.4, -0.2) is 25.2 Å². The molecule has 0 aromatic heterocycles. The van der Waals surface area contributed by atoms with Crippen molar-refractivity contribution in [3.05, 3.63) is 28.2 Å². The Morgan fingerprint density at radius 1 is 1.30 bits per heavy atom. The number of ether oxygens (including phenoxy) is 1. The van der Waals surface area contributed by atoms with Gasteiger partial charge in [-0.3, -0.25) is 0 Å². The smallest absolute Gasteiger partial charge is 0.124 e. The predicted molar refractivity (Wildman–Crippen MR) is 91.8 cm³/mol. The van der Waals surface area contributed by atoms with E-state index in [0.29, 0.717) is 6.04 Å². The largest absolute Gasteiger partial charge is 0.493 e. The van der Waals surface area contributed by atoms with Crippen LogP contribution in [0.2, 0.25) is 0 Å². The second-order valence-electron chi connectivity index (χ2n) is 5.23. The number of halogens is 1. The lowest BCUT2D eigenvalue weighted by atomic mass is 10.0. The van der Waals surface area contributed by atoms with Crippen molar-refractivity contribution in [2.45, 2.75) is 38.1 Å². The van der Waals surface area contributed by atoms with E-state index in [2.05, 4.69) is 39.6 Å². The quantitative estimate of drug-likeness (QED) is 0.676. The lowest BCUT2D eigenvalue weighted by Crippen LogP contribution is -2.27. The molecule has 1 aliphatic heterocycles. The van der Waals surface area contributed by atoms with Crippen molar-refractivity contribution in [1.29, 1.82) is 0 Å². The summed E-state index contributed by atoms with van der Waals surface area (Å²) in [6.07, 6.45) is 8.57. The van der Waals surface area contributed by atoms with E-state index in [9.17, 15) is 0 Å². The van der Waals surface area contributed by atoms with E-state index < -0.39 is 0 Å². The molecule has 0 radical (unpaired) electrons. The Labute approximate surface area is 135 Å². The molecule has 1 unspecified atom stereocenters. The summed E-state index contributed by atoms with van der Waals surface area (Å²) >= 11 is 5.50. The van der Waals surface area contributed by atoms with Crippen LogP contribution < -0.4 is 10.1 Å². The summed E-state index contributed by atoms with van der Waals surface area (Å²) < 4.78 is 6.85. The fourth-order valence-corrected chi connectivity index (χ4v) is 3.45. The number of hydrogen-bond donors (Lipinski definition) is 1. The van der Waals surface area contributed by atoms with Gasteiger partial charge in [0, 0.05) is 22.5 Å². The van der Waals surface area contributed by atoms with Crippen molar-refractivity contribution in [3.8, 4) is 5.75 Å². The second kappa shape index (κ2) is 8.96. The minimum absolute atomic E-state index is 0.447. The molecule has 1 aliphatic rings. The number of rotatable bonds is 8. The van der Waals surface area contributed by atoms with Crippen LogP contribution in [0.25, 0.3) is 0 Å². The van der Waals surface area contributed by atoms with Crippen molar-refractivity contribution in [1.82, 2.24) is 5.32 Å². The van der Waals surface area contributed by atoms with E-state index in [-0.39, 0.29) is 0 Å². The molecule has 0 fully saturated rings. The Kier molecular flexibility index (Phi) is 7.25. The predicted octanol–water partition coefficient (Wildman–Crippen LogP) is 4.79. The van der Waals surface area contributed by atoms with Crippen LogP contribution in [0.4, 0.5) is 0 Å². The van der Waals surface area contributed by atoms with Crippen molar-refractivity contribution in [2.24, 2.45) is 0 Å². The van der Waals surface area contributed by atoms with E-state index >= 15 is 0 Å². The third kappa shape index (κ3) is 4.97. The maximum absolute atomic E-state index is 5.72. The fraction of sp³-hybridized carbons (Fsp3) is 0.625. The Hall–Kier alpha value is -0.190. The van der Waals surface area contributed by atoms with Crippen LogP contribution in [-0.2, 0) is 0 Å². The van der Waals surface area contributed by atoms with E-state index in [1.54, 1.807) is 0 Å². The topological polar surface area (TPSA) is 21.3 Å². The van der Waals surface area contributed by atoms with Gasteiger partial charge in [0.15, 0.2) is 0 Å². The van der Waals surface area contributed by atoms with E-state index in [1.165, 1.54) is 37.0 Å². The molecule has 4 heteroatoms. The average molecular weight is 358 g/mol. The molecule has 2 nitrogen and oxygen atoms in total.